The standard InChI is InChI=1S/C29H30N4O/c1-4-26-21(3)30-27(23-11-9-20(2)10-12-23)31-28(26)32-15-17-33(18-16-32)29(34)25-14-13-22-7-5-6-8-24(22)19-25/h5-14,19H,4,15-18H2,1-3H3. The minimum Gasteiger partial charge on any atom is -0.353 e. The van der Waals surface area contributed by atoms with E-state index in [1.807, 2.05) is 35.2 Å². The zero-order chi connectivity index (χ0) is 23.7. The summed E-state index contributed by atoms with van der Waals surface area (Å²) >= 11 is 0. The zero-order valence-electron chi connectivity index (χ0n) is 20.1. The lowest BCUT2D eigenvalue weighted by Gasteiger charge is -2.36. The van der Waals surface area contributed by atoms with Crippen molar-refractivity contribution in [3.05, 3.63) is 89.1 Å². The summed E-state index contributed by atoms with van der Waals surface area (Å²) in [6.07, 6.45) is 0.881. The number of piperazine rings is 1. The topological polar surface area (TPSA) is 49.3 Å². The molecule has 0 bridgehead atoms. The third-order valence-corrected chi connectivity index (χ3v) is 6.72. The summed E-state index contributed by atoms with van der Waals surface area (Å²) in [4.78, 5) is 27.3. The van der Waals surface area contributed by atoms with E-state index in [9.17, 15) is 4.79 Å². The molecule has 0 spiro atoms. The van der Waals surface area contributed by atoms with E-state index < -0.39 is 0 Å². The Bertz CT molecular complexity index is 1340. The molecule has 0 radical (unpaired) electrons. The lowest BCUT2D eigenvalue weighted by molar-refractivity contribution is 0.0746. The monoisotopic (exact) mass is 450 g/mol. The largest absolute Gasteiger partial charge is 0.353 e. The Hall–Kier alpha value is -3.73. The van der Waals surface area contributed by atoms with Crippen LogP contribution in [0.2, 0.25) is 0 Å². The number of carbonyl (C=O) groups excluding carboxylic acids is 1. The second kappa shape index (κ2) is 9.26. The van der Waals surface area contributed by atoms with Crippen molar-refractivity contribution >= 4 is 22.5 Å². The van der Waals surface area contributed by atoms with Gasteiger partial charge in [-0.25, -0.2) is 9.97 Å². The van der Waals surface area contributed by atoms with Crippen LogP contribution in [0.1, 0.15) is 34.1 Å². The molecular weight excluding hydrogens is 420 g/mol. The van der Waals surface area contributed by atoms with Crippen molar-refractivity contribution in [1.82, 2.24) is 14.9 Å². The fourth-order valence-corrected chi connectivity index (χ4v) is 4.71. The van der Waals surface area contributed by atoms with Crippen molar-refractivity contribution < 1.29 is 4.79 Å². The summed E-state index contributed by atoms with van der Waals surface area (Å²) < 4.78 is 0. The van der Waals surface area contributed by atoms with Crippen LogP contribution in [0.3, 0.4) is 0 Å². The molecule has 0 saturated carbocycles. The Morgan fingerprint density at radius 3 is 2.26 bits per heavy atom. The van der Waals surface area contributed by atoms with Crippen LogP contribution in [0.25, 0.3) is 22.2 Å². The molecule has 1 aliphatic rings. The Kier molecular flexibility index (Phi) is 6.01. The van der Waals surface area contributed by atoms with Crippen molar-refractivity contribution in [3.63, 3.8) is 0 Å². The van der Waals surface area contributed by atoms with Gasteiger partial charge < -0.3 is 9.80 Å². The maximum absolute atomic E-state index is 13.2. The molecule has 34 heavy (non-hydrogen) atoms. The highest BCUT2D eigenvalue weighted by Crippen LogP contribution is 2.27. The van der Waals surface area contributed by atoms with Crippen LogP contribution in [-0.4, -0.2) is 47.0 Å². The van der Waals surface area contributed by atoms with E-state index in [1.165, 1.54) is 11.1 Å². The van der Waals surface area contributed by atoms with Gasteiger partial charge in [0.2, 0.25) is 0 Å². The molecule has 1 aliphatic heterocycles. The van der Waals surface area contributed by atoms with Crippen LogP contribution >= 0.6 is 0 Å². The Morgan fingerprint density at radius 1 is 0.853 bits per heavy atom. The number of hydrogen-bond acceptors (Lipinski definition) is 4. The molecule has 0 N–H and O–H groups in total. The maximum Gasteiger partial charge on any atom is 0.253 e. The summed E-state index contributed by atoms with van der Waals surface area (Å²) in [6, 6.07) is 22.5. The van der Waals surface area contributed by atoms with E-state index in [1.54, 1.807) is 0 Å². The fraction of sp³-hybridized carbons (Fsp3) is 0.276. The van der Waals surface area contributed by atoms with Gasteiger partial charge in [0.1, 0.15) is 5.82 Å². The molecule has 3 aromatic carbocycles. The lowest BCUT2D eigenvalue weighted by Crippen LogP contribution is -2.49. The number of anilines is 1. The van der Waals surface area contributed by atoms with Gasteiger partial charge in [0.05, 0.1) is 0 Å². The third-order valence-electron chi connectivity index (χ3n) is 6.72. The van der Waals surface area contributed by atoms with Crippen molar-refractivity contribution in [1.29, 1.82) is 0 Å². The molecule has 0 atom stereocenters. The van der Waals surface area contributed by atoms with E-state index in [2.05, 4.69) is 62.1 Å². The Balaban J connectivity index is 1.36. The quantitative estimate of drug-likeness (QED) is 0.416. The number of carbonyl (C=O) groups is 1. The number of fused-ring (bicyclic) bond motifs is 1. The molecule has 1 saturated heterocycles. The molecule has 4 aromatic rings. The van der Waals surface area contributed by atoms with Gasteiger partial charge in [-0.3, -0.25) is 4.79 Å². The van der Waals surface area contributed by atoms with E-state index in [0.717, 1.165) is 58.7 Å². The van der Waals surface area contributed by atoms with Crippen LogP contribution < -0.4 is 4.90 Å². The number of aromatic nitrogens is 2. The smallest absolute Gasteiger partial charge is 0.253 e. The zero-order valence-corrected chi connectivity index (χ0v) is 20.1. The third kappa shape index (κ3) is 4.26. The average Bonchev–Trinajstić information content (AvgIpc) is 2.88. The van der Waals surface area contributed by atoms with E-state index >= 15 is 0 Å². The number of rotatable bonds is 4. The first-order valence-electron chi connectivity index (χ1n) is 12.0. The van der Waals surface area contributed by atoms with Crippen molar-refractivity contribution in [3.8, 4) is 11.4 Å². The summed E-state index contributed by atoms with van der Waals surface area (Å²) in [6.45, 7) is 9.18. The molecule has 5 rings (SSSR count). The Morgan fingerprint density at radius 2 is 1.56 bits per heavy atom. The summed E-state index contributed by atoms with van der Waals surface area (Å²) in [5.41, 5.74) is 5.21. The van der Waals surface area contributed by atoms with Gasteiger partial charge in [-0.05, 0) is 43.2 Å². The minimum atomic E-state index is 0.0975. The Labute approximate surface area is 201 Å². The van der Waals surface area contributed by atoms with Crippen molar-refractivity contribution in [2.45, 2.75) is 27.2 Å². The average molecular weight is 451 g/mol. The SMILES string of the molecule is CCc1c(C)nc(-c2ccc(C)cc2)nc1N1CCN(C(=O)c2ccc3ccccc3c2)CC1. The normalized spacial score (nSPS) is 14.0. The predicted molar refractivity (Wildman–Crippen MR) is 138 cm³/mol. The van der Waals surface area contributed by atoms with E-state index in [-0.39, 0.29) is 5.91 Å². The number of aryl methyl sites for hydroxylation is 2. The van der Waals surface area contributed by atoms with Gasteiger partial charge in [0.25, 0.3) is 5.91 Å². The molecule has 5 nitrogen and oxygen atoms in total. The molecule has 1 fully saturated rings. The van der Waals surface area contributed by atoms with E-state index in [0.29, 0.717) is 13.1 Å². The molecule has 1 amide bonds. The molecule has 1 aromatic heterocycles. The number of amides is 1. The van der Waals surface area contributed by atoms with E-state index in [4.69, 9.17) is 9.97 Å². The van der Waals surface area contributed by atoms with Crippen LogP contribution in [-0.2, 0) is 6.42 Å². The highest BCUT2D eigenvalue weighted by Gasteiger charge is 2.25. The minimum absolute atomic E-state index is 0.0975. The van der Waals surface area contributed by atoms with Crippen LogP contribution in [0.5, 0.6) is 0 Å². The van der Waals surface area contributed by atoms with Crippen LogP contribution in [0.15, 0.2) is 66.7 Å². The predicted octanol–water partition coefficient (Wildman–Crippen LogP) is 5.44. The highest BCUT2D eigenvalue weighted by atomic mass is 16.2. The number of nitrogens with zero attached hydrogens (tertiary/aromatic N) is 4. The second-order valence-corrected chi connectivity index (χ2v) is 9.00. The first kappa shape index (κ1) is 22.1. The summed E-state index contributed by atoms with van der Waals surface area (Å²) in [5.74, 6) is 1.86. The first-order chi connectivity index (χ1) is 16.5. The fourth-order valence-electron chi connectivity index (χ4n) is 4.71. The van der Waals surface area contributed by atoms with Gasteiger partial charge in [-0.2, -0.15) is 0 Å². The first-order valence-corrected chi connectivity index (χ1v) is 12.0. The van der Waals surface area contributed by atoms with Gasteiger partial charge in [-0.1, -0.05) is 67.1 Å². The lowest BCUT2D eigenvalue weighted by atomic mass is 10.1. The molecule has 0 aliphatic carbocycles. The van der Waals surface area contributed by atoms with Crippen LogP contribution in [0.4, 0.5) is 5.82 Å². The van der Waals surface area contributed by atoms with Gasteiger partial charge in [-0.15, -0.1) is 0 Å². The summed E-state index contributed by atoms with van der Waals surface area (Å²) in [7, 11) is 0. The van der Waals surface area contributed by atoms with Crippen molar-refractivity contribution in [2.24, 2.45) is 0 Å². The summed E-state index contributed by atoms with van der Waals surface area (Å²) in [5, 5.41) is 2.25. The van der Waals surface area contributed by atoms with Gasteiger partial charge >= 0.3 is 0 Å². The molecule has 5 heteroatoms. The maximum atomic E-state index is 13.2. The molecule has 0 unspecified atom stereocenters. The number of benzene rings is 3. The van der Waals surface area contributed by atoms with Crippen molar-refractivity contribution in [2.75, 3.05) is 31.1 Å². The highest BCUT2D eigenvalue weighted by molar-refractivity contribution is 5.98. The molecular formula is C29H30N4O. The van der Waals surface area contributed by atoms with Gasteiger partial charge in [0.15, 0.2) is 5.82 Å². The number of hydrogen-bond donors (Lipinski definition) is 0. The van der Waals surface area contributed by atoms with Crippen LogP contribution in [0, 0.1) is 13.8 Å². The molecule has 172 valence electrons. The van der Waals surface area contributed by atoms with Gasteiger partial charge in [0, 0.05) is 48.6 Å². The molecule has 2 heterocycles. The second-order valence-electron chi connectivity index (χ2n) is 9.00.